The number of hydrogen-bond acceptors (Lipinski definition) is 8. The molecule has 19 heavy (non-hydrogen) atoms. The van der Waals surface area contributed by atoms with Gasteiger partial charge in [0.05, 0.1) is 19.1 Å². The molecule has 4 atom stereocenters. The predicted molar refractivity (Wildman–Crippen MR) is 60.7 cm³/mol. The smallest absolute Gasteiger partial charge is 0.188 e. The van der Waals surface area contributed by atoms with Crippen molar-refractivity contribution in [3.8, 4) is 0 Å². The van der Waals surface area contributed by atoms with Crippen LogP contribution in [0.25, 0.3) is 11.2 Å². The van der Waals surface area contributed by atoms with Gasteiger partial charge >= 0.3 is 0 Å². The van der Waals surface area contributed by atoms with E-state index < -0.39 is 30.6 Å². The third kappa shape index (κ3) is 1.63. The van der Waals surface area contributed by atoms with Crippen molar-refractivity contribution in [1.29, 1.82) is 0 Å². The molecule has 3 heterocycles. The Morgan fingerprint density at radius 1 is 1.47 bits per heavy atom. The Morgan fingerprint density at radius 3 is 2.95 bits per heavy atom. The highest BCUT2D eigenvalue weighted by molar-refractivity contribution is 5.68. The van der Waals surface area contributed by atoms with Crippen molar-refractivity contribution >= 4 is 11.2 Å². The minimum absolute atomic E-state index is 0.377. The molecule has 1 fully saturated rings. The van der Waals surface area contributed by atoms with Crippen LogP contribution in [0.1, 0.15) is 6.92 Å². The molecule has 0 radical (unpaired) electrons. The number of hydrogen-bond donors (Lipinski definition) is 3. The Balaban J connectivity index is 2.10. The van der Waals surface area contributed by atoms with E-state index in [0.717, 1.165) is 0 Å². The monoisotopic (exact) mass is 267 g/mol. The summed E-state index contributed by atoms with van der Waals surface area (Å²) in [7, 11) is 0. The predicted octanol–water partition coefficient (Wildman–Crippen LogP) is -1.99. The summed E-state index contributed by atoms with van der Waals surface area (Å²) < 4.78 is 7.03. The van der Waals surface area contributed by atoms with Crippen LogP contribution in [0, 0.1) is 0 Å². The van der Waals surface area contributed by atoms with Gasteiger partial charge in [0.2, 0.25) is 0 Å². The summed E-state index contributed by atoms with van der Waals surface area (Å²) in [5, 5.41) is 40.1. The number of fused-ring (bicyclic) bond motifs is 1. The summed E-state index contributed by atoms with van der Waals surface area (Å²) in [6, 6.07) is 0. The van der Waals surface area contributed by atoms with Gasteiger partial charge in [-0.15, -0.1) is 10.2 Å². The third-order valence-electron chi connectivity index (χ3n) is 3.44. The first-order valence-corrected chi connectivity index (χ1v) is 5.74. The van der Waals surface area contributed by atoms with E-state index in [-0.39, 0.29) is 0 Å². The molecular weight excluding hydrogens is 254 g/mol. The summed E-state index contributed by atoms with van der Waals surface area (Å²) in [6.45, 7) is 1.19. The van der Waals surface area contributed by atoms with Crippen molar-refractivity contribution < 1.29 is 20.1 Å². The van der Waals surface area contributed by atoms with Gasteiger partial charge in [0.15, 0.2) is 11.4 Å². The molecule has 9 heteroatoms. The standard InChI is InChI=1S/C10H13N5O4/c1-10(8(18)7(17)6(3-16)19-10)15-4-11-5-2-12-14-13-9(5)15/h2,4,6-8,16-18H,3H2,1H3/t6-,7-,8-,10-/m1/s1. The zero-order valence-corrected chi connectivity index (χ0v) is 10.1. The Labute approximate surface area is 107 Å². The van der Waals surface area contributed by atoms with Crippen molar-refractivity contribution in [2.75, 3.05) is 6.61 Å². The molecule has 3 rings (SSSR count). The second-order valence-electron chi connectivity index (χ2n) is 4.59. The number of ether oxygens (including phenoxy) is 1. The highest BCUT2D eigenvalue weighted by Crippen LogP contribution is 2.36. The molecule has 1 aliphatic heterocycles. The maximum absolute atomic E-state index is 10.2. The molecule has 0 spiro atoms. The first kappa shape index (κ1) is 12.4. The van der Waals surface area contributed by atoms with E-state index in [9.17, 15) is 10.2 Å². The van der Waals surface area contributed by atoms with Crippen LogP contribution in [0.15, 0.2) is 12.5 Å². The zero-order chi connectivity index (χ0) is 13.6. The van der Waals surface area contributed by atoms with Crippen molar-refractivity contribution in [3.63, 3.8) is 0 Å². The number of nitrogens with zero attached hydrogens (tertiary/aromatic N) is 5. The molecule has 1 aliphatic rings. The van der Waals surface area contributed by atoms with Crippen molar-refractivity contribution in [1.82, 2.24) is 25.0 Å². The second-order valence-corrected chi connectivity index (χ2v) is 4.59. The van der Waals surface area contributed by atoms with Crippen LogP contribution in [0.4, 0.5) is 0 Å². The van der Waals surface area contributed by atoms with Gasteiger partial charge in [-0.05, 0) is 12.1 Å². The Kier molecular flexibility index (Phi) is 2.71. The number of imidazole rings is 1. The average Bonchev–Trinajstić information content (AvgIpc) is 2.95. The van der Waals surface area contributed by atoms with E-state index in [2.05, 4.69) is 20.4 Å². The number of rotatable bonds is 2. The van der Waals surface area contributed by atoms with Gasteiger partial charge in [-0.2, -0.15) is 0 Å². The molecule has 1 saturated heterocycles. The molecule has 0 amide bonds. The highest BCUT2D eigenvalue weighted by atomic mass is 16.6. The van der Waals surface area contributed by atoms with E-state index in [1.54, 1.807) is 6.92 Å². The highest BCUT2D eigenvalue weighted by Gasteiger charge is 2.52. The van der Waals surface area contributed by atoms with Gasteiger partial charge in [0, 0.05) is 0 Å². The first-order chi connectivity index (χ1) is 9.08. The Morgan fingerprint density at radius 2 is 2.26 bits per heavy atom. The molecule has 0 saturated carbocycles. The van der Waals surface area contributed by atoms with E-state index in [1.165, 1.54) is 17.1 Å². The van der Waals surface area contributed by atoms with Crippen LogP contribution in [0.3, 0.4) is 0 Å². The molecule has 9 nitrogen and oxygen atoms in total. The van der Waals surface area contributed by atoms with Crippen LogP contribution in [-0.4, -0.2) is 65.2 Å². The summed E-state index contributed by atoms with van der Waals surface area (Å²) in [5.74, 6) is 0. The van der Waals surface area contributed by atoms with Crippen molar-refractivity contribution in [3.05, 3.63) is 12.5 Å². The van der Waals surface area contributed by atoms with E-state index in [4.69, 9.17) is 9.84 Å². The lowest BCUT2D eigenvalue weighted by Crippen LogP contribution is -2.43. The molecule has 0 aromatic carbocycles. The largest absolute Gasteiger partial charge is 0.394 e. The van der Waals surface area contributed by atoms with E-state index in [0.29, 0.717) is 11.2 Å². The topological polar surface area (TPSA) is 126 Å². The van der Waals surface area contributed by atoms with E-state index >= 15 is 0 Å². The van der Waals surface area contributed by atoms with Gasteiger partial charge < -0.3 is 20.1 Å². The molecule has 0 unspecified atom stereocenters. The quantitative estimate of drug-likeness (QED) is 0.570. The molecule has 3 N–H and O–H groups in total. The lowest BCUT2D eigenvalue weighted by molar-refractivity contribution is -0.132. The second kappa shape index (κ2) is 4.17. The molecule has 102 valence electrons. The van der Waals surface area contributed by atoms with Crippen molar-refractivity contribution in [2.24, 2.45) is 0 Å². The fraction of sp³-hybridized carbons (Fsp3) is 0.600. The van der Waals surface area contributed by atoms with Gasteiger partial charge in [-0.25, -0.2) is 4.98 Å². The number of aliphatic hydroxyl groups excluding tert-OH is 3. The molecule has 0 aliphatic carbocycles. The Bertz CT molecular complexity index is 604. The summed E-state index contributed by atoms with van der Waals surface area (Å²) in [6.07, 6.45) is -0.424. The van der Waals surface area contributed by atoms with Crippen LogP contribution in [-0.2, 0) is 10.5 Å². The van der Waals surface area contributed by atoms with Crippen LogP contribution >= 0.6 is 0 Å². The van der Waals surface area contributed by atoms with Crippen LogP contribution in [0.5, 0.6) is 0 Å². The van der Waals surface area contributed by atoms with Gasteiger partial charge in [-0.1, -0.05) is 0 Å². The number of aliphatic hydroxyl groups is 3. The average molecular weight is 267 g/mol. The third-order valence-corrected chi connectivity index (χ3v) is 3.44. The molecule has 2 aromatic rings. The minimum atomic E-state index is -1.28. The summed E-state index contributed by atoms with van der Waals surface area (Å²) in [5.41, 5.74) is -0.409. The maximum Gasteiger partial charge on any atom is 0.188 e. The lowest BCUT2D eigenvalue weighted by Gasteiger charge is -2.29. The van der Waals surface area contributed by atoms with Gasteiger partial charge in [0.25, 0.3) is 0 Å². The van der Waals surface area contributed by atoms with Gasteiger partial charge in [-0.3, -0.25) is 4.57 Å². The normalized spacial score (nSPS) is 35.1. The first-order valence-electron chi connectivity index (χ1n) is 5.74. The maximum atomic E-state index is 10.2. The van der Waals surface area contributed by atoms with Crippen LogP contribution in [0.2, 0.25) is 0 Å². The Hall–Kier alpha value is -1.68. The van der Waals surface area contributed by atoms with Crippen molar-refractivity contribution in [2.45, 2.75) is 31.0 Å². The van der Waals surface area contributed by atoms with E-state index in [1.807, 2.05) is 0 Å². The molecular formula is C10H13N5O4. The molecule has 0 bridgehead atoms. The fourth-order valence-corrected chi connectivity index (χ4v) is 2.33. The summed E-state index contributed by atoms with van der Waals surface area (Å²) in [4.78, 5) is 4.08. The summed E-state index contributed by atoms with van der Waals surface area (Å²) >= 11 is 0. The fourth-order valence-electron chi connectivity index (χ4n) is 2.33. The van der Waals surface area contributed by atoms with Crippen LogP contribution < -0.4 is 0 Å². The lowest BCUT2D eigenvalue weighted by atomic mass is 10.0. The SMILES string of the molecule is C[C@@]1(n2cnc3cnnnc32)O[C@H](CO)[C@@H](O)[C@H]1O. The zero-order valence-electron chi connectivity index (χ0n) is 10.1. The minimum Gasteiger partial charge on any atom is -0.394 e. The number of aromatic nitrogens is 5. The molecule has 2 aromatic heterocycles. The van der Waals surface area contributed by atoms with Gasteiger partial charge in [0.1, 0.15) is 23.8 Å².